The summed E-state index contributed by atoms with van der Waals surface area (Å²) in [7, 11) is 1.39. The summed E-state index contributed by atoms with van der Waals surface area (Å²) in [6, 6.07) is 10.7. The van der Waals surface area contributed by atoms with Gasteiger partial charge in [-0.2, -0.15) is 0 Å². The Morgan fingerprint density at radius 3 is 2.63 bits per heavy atom. The number of aromatic amines is 1. The zero-order valence-electron chi connectivity index (χ0n) is 19.2. The van der Waals surface area contributed by atoms with Gasteiger partial charge in [-0.05, 0) is 5.56 Å². The average molecular weight is 488 g/mol. The number of piperidine rings is 1. The highest BCUT2D eigenvalue weighted by molar-refractivity contribution is 5.86. The Balaban J connectivity index is 1.25. The van der Waals surface area contributed by atoms with Crippen LogP contribution < -0.4 is 11.2 Å². The van der Waals surface area contributed by atoms with E-state index in [0.717, 1.165) is 15.8 Å². The van der Waals surface area contributed by atoms with Crippen LogP contribution in [0.4, 0.5) is 4.79 Å². The Kier molecular flexibility index (Phi) is 7.95. The van der Waals surface area contributed by atoms with Crippen LogP contribution in [0.3, 0.4) is 0 Å². The van der Waals surface area contributed by atoms with Gasteiger partial charge in [0.1, 0.15) is 31.5 Å². The van der Waals surface area contributed by atoms with E-state index < -0.39 is 35.8 Å². The molecule has 2 saturated heterocycles. The van der Waals surface area contributed by atoms with E-state index in [1.807, 2.05) is 30.3 Å². The zero-order chi connectivity index (χ0) is 24.8. The Labute approximate surface area is 200 Å². The Hall–Kier alpha value is -3.48. The van der Waals surface area contributed by atoms with Gasteiger partial charge in [-0.25, -0.2) is 9.59 Å². The van der Waals surface area contributed by atoms with E-state index in [9.17, 15) is 19.5 Å². The molecule has 2 aliphatic heterocycles. The topological polar surface area (TPSA) is 145 Å². The third kappa shape index (κ3) is 5.96. The van der Waals surface area contributed by atoms with E-state index in [2.05, 4.69) is 10.1 Å². The molecule has 2 N–H and O–H groups in total. The summed E-state index contributed by atoms with van der Waals surface area (Å²) < 4.78 is 17.6. The van der Waals surface area contributed by atoms with Crippen molar-refractivity contribution < 1.29 is 28.9 Å². The molecule has 0 bridgehead atoms. The third-order valence-electron chi connectivity index (χ3n) is 5.95. The molecule has 1 aromatic heterocycles. The van der Waals surface area contributed by atoms with E-state index in [1.165, 1.54) is 19.4 Å². The number of hydrogen-bond acceptors (Lipinski definition) is 9. The number of H-pyrrole nitrogens is 1. The predicted molar refractivity (Wildman–Crippen MR) is 123 cm³/mol. The van der Waals surface area contributed by atoms with Crippen molar-refractivity contribution in [2.45, 2.75) is 44.0 Å². The highest BCUT2D eigenvalue weighted by Crippen LogP contribution is 2.30. The first-order valence-corrected chi connectivity index (χ1v) is 11.3. The fourth-order valence-electron chi connectivity index (χ4n) is 4.01. The SMILES string of the molecule is COC1C(O)[C@@H](CON=C2CCN(C(=O)OCc3ccccc3)CC2)O[C@H]1n1ccc(=O)[nH]c1=O. The molecule has 2 fully saturated rings. The molecular formula is C23H28N4O8. The number of aliphatic hydroxyl groups excluding tert-OH is 1. The predicted octanol–water partition coefficient (Wildman–Crippen LogP) is 0.615. The number of carbonyl (C=O) groups is 1. The molecule has 2 unspecified atom stereocenters. The van der Waals surface area contributed by atoms with Gasteiger partial charge >= 0.3 is 11.8 Å². The van der Waals surface area contributed by atoms with Gasteiger partial charge in [0, 0.05) is 45.3 Å². The summed E-state index contributed by atoms with van der Waals surface area (Å²) in [6.45, 7) is 1.07. The first kappa shape index (κ1) is 24.6. The number of benzene rings is 1. The second-order valence-corrected chi connectivity index (χ2v) is 8.25. The Morgan fingerprint density at radius 2 is 1.94 bits per heavy atom. The maximum absolute atomic E-state index is 12.3. The summed E-state index contributed by atoms with van der Waals surface area (Å²) in [5.74, 6) is 0. The summed E-state index contributed by atoms with van der Waals surface area (Å²) >= 11 is 0. The molecule has 0 radical (unpaired) electrons. The lowest BCUT2D eigenvalue weighted by Gasteiger charge is -2.26. The van der Waals surface area contributed by atoms with E-state index in [-0.39, 0.29) is 19.3 Å². The van der Waals surface area contributed by atoms with Gasteiger partial charge in [0.25, 0.3) is 5.56 Å². The number of ether oxygens (including phenoxy) is 3. The molecule has 0 aliphatic carbocycles. The number of nitrogens with one attached hydrogen (secondary N) is 1. The minimum atomic E-state index is -1.08. The van der Waals surface area contributed by atoms with Crippen LogP contribution in [-0.2, 0) is 25.7 Å². The second-order valence-electron chi connectivity index (χ2n) is 8.25. The van der Waals surface area contributed by atoms with Crippen LogP contribution >= 0.6 is 0 Å². The van der Waals surface area contributed by atoms with Crippen molar-refractivity contribution in [3.05, 3.63) is 69.0 Å². The lowest BCUT2D eigenvalue weighted by molar-refractivity contribution is -0.0719. The molecule has 0 spiro atoms. The van der Waals surface area contributed by atoms with E-state index >= 15 is 0 Å². The summed E-state index contributed by atoms with van der Waals surface area (Å²) in [6.07, 6.45) is -1.69. The van der Waals surface area contributed by atoms with Gasteiger partial charge in [-0.1, -0.05) is 35.5 Å². The number of methoxy groups -OCH3 is 1. The van der Waals surface area contributed by atoms with Crippen molar-refractivity contribution in [3.8, 4) is 0 Å². The molecule has 2 aliphatic rings. The van der Waals surface area contributed by atoms with E-state index in [4.69, 9.17) is 19.0 Å². The molecule has 0 saturated carbocycles. The van der Waals surface area contributed by atoms with Crippen molar-refractivity contribution in [2.75, 3.05) is 26.8 Å². The maximum atomic E-state index is 12.3. The van der Waals surface area contributed by atoms with Crippen LogP contribution in [0, 0.1) is 0 Å². The van der Waals surface area contributed by atoms with Crippen molar-refractivity contribution in [1.82, 2.24) is 14.5 Å². The molecule has 4 rings (SSSR count). The van der Waals surface area contributed by atoms with Crippen LogP contribution in [0.15, 0.2) is 57.3 Å². The first-order chi connectivity index (χ1) is 17.0. The molecule has 3 heterocycles. The smallest absolute Gasteiger partial charge is 0.410 e. The number of hydrogen-bond donors (Lipinski definition) is 2. The Bertz CT molecular complexity index is 1140. The van der Waals surface area contributed by atoms with E-state index in [0.29, 0.717) is 25.9 Å². The normalized spacial score (nSPS) is 24.3. The van der Waals surface area contributed by atoms with Gasteiger partial charge < -0.3 is 29.1 Å². The van der Waals surface area contributed by atoms with Gasteiger partial charge in [0.2, 0.25) is 0 Å². The minimum absolute atomic E-state index is 0.0675. The standard InChI is InChI=1S/C23H28N4O8/c1-32-20-19(29)17(35-21(20)27-12-9-18(28)24-22(27)30)14-34-25-16-7-10-26(11-8-16)23(31)33-13-15-5-3-2-4-6-15/h2-6,9,12,17,19-21,29H,7-8,10-11,13-14H2,1H3,(H,24,28,30)/t17-,19?,20?,21-/m1/s1. The molecular weight excluding hydrogens is 460 g/mol. The lowest BCUT2D eigenvalue weighted by Crippen LogP contribution is -2.39. The molecule has 1 amide bonds. The summed E-state index contributed by atoms with van der Waals surface area (Å²) in [4.78, 5) is 44.9. The average Bonchev–Trinajstić information content (AvgIpc) is 3.18. The largest absolute Gasteiger partial charge is 0.445 e. The first-order valence-electron chi connectivity index (χ1n) is 11.3. The van der Waals surface area contributed by atoms with E-state index in [1.54, 1.807) is 4.90 Å². The number of likely N-dealkylation sites (tertiary alicyclic amines) is 1. The Morgan fingerprint density at radius 1 is 1.20 bits per heavy atom. The molecule has 4 atom stereocenters. The monoisotopic (exact) mass is 488 g/mol. The van der Waals surface area contributed by atoms with Crippen molar-refractivity contribution >= 4 is 11.8 Å². The van der Waals surface area contributed by atoms with Gasteiger partial charge in [0.05, 0.1) is 5.71 Å². The molecule has 12 heteroatoms. The molecule has 1 aromatic carbocycles. The summed E-state index contributed by atoms with van der Waals surface area (Å²) in [5.41, 5.74) is 0.493. The number of oxime groups is 1. The fourth-order valence-corrected chi connectivity index (χ4v) is 4.01. The van der Waals surface area contributed by atoms with Crippen LogP contribution in [0.5, 0.6) is 0 Å². The number of aromatic nitrogens is 2. The summed E-state index contributed by atoms with van der Waals surface area (Å²) in [5, 5.41) is 14.7. The second kappa shape index (κ2) is 11.3. The highest BCUT2D eigenvalue weighted by atomic mass is 16.7. The number of carbonyl (C=O) groups excluding carboxylic acids is 1. The van der Waals surface area contributed by atoms with Gasteiger partial charge in [-0.15, -0.1) is 0 Å². The van der Waals surface area contributed by atoms with Crippen molar-refractivity contribution in [1.29, 1.82) is 0 Å². The number of nitrogens with zero attached hydrogens (tertiary/aromatic N) is 3. The van der Waals surface area contributed by atoms with Crippen LogP contribution in [0.25, 0.3) is 0 Å². The number of rotatable bonds is 7. The maximum Gasteiger partial charge on any atom is 0.410 e. The lowest BCUT2D eigenvalue weighted by atomic mass is 10.1. The fraction of sp³-hybridized carbons (Fsp3) is 0.478. The van der Waals surface area contributed by atoms with Gasteiger partial charge in [-0.3, -0.25) is 14.3 Å². The van der Waals surface area contributed by atoms with Crippen molar-refractivity contribution in [2.24, 2.45) is 5.16 Å². The third-order valence-corrected chi connectivity index (χ3v) is 5.95. The van der Waals surface area contributed by atoms with Gasteiger partial charge in [0.15, 0.2) is 6.23 Å². The van der Waals surface area contributed by atoms with Crippen LogP contribution in [0.1, 0.15) is 24.6 Å². The van der Waals surface area contributed by atoms with Crippen molar-refractivity contribution in [3.63, 3.8) is 0 Å². The molecule has 35 heavy (non-hydrogen) atoms. The number of amides is 1. The molecule has 188 valence electrons. The van der Waals surface area contributed by atoms with Crippen LogP contribution in [-0.4, -0.2) is 76.5 Å². The van der Waals surface area contributed by atoms with Crippen LogP contribution in [0.2, 0.25) is 0 Å². The molecule has 2 aromatic rings. The highest BCUT2D eigenvalue weighted by Gasteiger charge is 2.46. The molecule has 12 nitrogen and oxygen atoms in total. The minimum Gasteiger partial charge on any atom is -0.445 e. The quantitative estimate of drug-likeness (QED) is 0.540. The number of aliphatic hydroxyl groups is 1. The zero-order valence-corrected chi connectivity index (χ0v) is 19.2.